The van der Waals surface area contributed by atoms with Crippen molar-refractivity contribution in [1.82, 2.24) is 0 Å². The summed E-state index contributed by atoms with van der Waals surface area (Å²) in [5.41, 5.74) is 5.09. The summed E-state index contributed by atoms with van der Waals surface area (Å²) < 4.78 is 0. The zero-order chi connectivity index (χ0) is 14.2. The third-order valence-electron chi connectivity index (χ3n) is 2.86. The fourth-order valence-corrected chi connectivity index (χ4v) is 2.00. The third-order valence-corrected chi connectivity index (χ3v) is 2.86. The van der Waals surface area contributed by atoms with Gasteiger partial charge in [0.05, 0.1) is 10.5 Å². The van der Waals surface area contributed by atoms with Crippen molar-refractivity contribution in [3.8, 4) is 0 Å². The van der Waals surface area contributed by atoms with E-state index < -0.39 is 16.6 Å². The molecule has 19 heavy (non-hydrogen) atoms. The molecule has 1 saturated heterocycles. The van der Waals surface area contributed by atoms with Crippen LogP contribution in [0.25, 0.3) is 0 Å². The summed E-state index contributed by atoms with van der Waals surface area (Å²) in [5, 5.41) is 19.8. The second-order valence-electron chi connectivity index (χ2n) is 4.23. The van der Waals surface area contributed by atoms with Gasteiger partial charge in [-0.3, -0.25) is 14.9 Å². The molecule has 2 rings (SSSR count). The van der Waals surface area contributed by atoms with Crippen molar-refractivity contribution in [2.24, 2.45) is 5.73 Å². The van der Waals surface area contributed by atoms with Crippen LogP contribution in [0.15, 0.2) is 18.2 Å². The van der Waals surface area contributed by atoms with E-state index in [1.54, 1.807) is 0 Å². The molecule has 1 aromatic rings. The number of aromatic carboxylic acids is 1. The van der Waals surface area contributed by atoms with E-state index in [9.17, 15) is 19.7 Å². The van der Waals surface area contributed by atoms with Gasteiger partial charge in [-0.15, -0.1) is 0 Å². The summed E-state index contributed by atoms with van der Waals surface area (Å²) in [7, 11) is 0. The first-order valence-corrected chi connectivity index (χ1v) is 5.48. The van der Waals surface area contributed by atoms with Crippen LogP contribution in [0.3, 0.4) is 0 Å². The van der Waals surface area contributed by atoms with Crippen molar-refractivity contribution in [1.29, 1.82) is 0 Å². The van der Waals surface area contributed by atoms with Gasteiger partial charge < -0.3 is 15.7 Å². The molecular weight excluding hydrogens is 254 g/mol. The van der Waals surface area contributed by atoms with E-state index in [0.717, 1.165) is 6.07 Å². The Bertz CT molecular complexity index is 571. The molecule has 1 aliphatic heterocycles. The second-order valence-corrected chi connectivity index (χ2v) is 4.23. The zero-order valence-corrected chi connectivity index (χ0v) is 9.78. The van der Waals surface area contributed by atoms with Crippen molar-refractivity contribution >= 4 is 23.3 Å². The summed E-state index contributed by atoms with van der Waals surface area (Å²) >= 11 is 0. The van der Waals surface area contributed by atoms with E-state index in [0.29, 0.717) is 0 Å². The summed E-state index contributed by atoms with van der Waals surface area (Å²) in [6.07, 6.45) is 0.123. The van der Waals surface area contributed by atoms with E-state index in [2.05, 4.69) is 0 Å². The van der Waals surface area contributed by atoms with Gasteiger partial charge in [0, 0.05) is 25.1 Å². The average Bonchev–Trinajstić information content (AvgIpc) is 2.67. The van der Waals surface area contributed by atoms with Crippen molar-refractivity contribution in [3.63, 3.8) is 0 Å². The zero-order valence-electron chi connectivity index (χ0n) is 9.78. The Kier molecular flexibility index (Phi) is 3.17. The summed E-state index contributed by atoms with van der Waals surface area (Å²) in [5.74, 6) is -1.57. The number of hydrogen-bond acceptors (Lipinski definition) is 5. The van der Waals surface area contributed by atoms with E-state index in [1.807, 2.05) is 0 Å². The highest BCUT2D eigenvalue weighted by Crippen LogP contribution is 2.32. The molecule has 0 radical (unpaired) electrons. The highest BCUT2D eigenvalue weighted by Gasteiger charge is 2.32. The molecule has 1 fully saturated rings. The number of amides is 1. The van der Waals surface area contributed by atoms with Crippen LogP contribution in [0, 0.1) is 10.1 Å². The van der Waals surface area contributed by atoms with Gasteiger partial charge in [0.15, 0.2) is 0 Å². The molecule has 0 aromatic heterocycles. The lowest BCUT2D eigenvalue weighted by Crippen LogP contribution is -2.28. The van der Waals surface area contributed by atoms with Crippen LogP contribution in [0.4, 0.5) is 11.4 Å². The second kappa shape index (κ2) is 4.65. The number of carbonyl (C=O) groups is 2. The molecule has 0 saturated carbocycles. The summed E-state index contributed by atoms with van der Waals surface area (Å²) in [4.78, 5) is 34.0. The van der Waals surface area contributed by atoms with E-state index in [4.69, 9.17) is 10.8 Å². The summed E-state index contributed by atoms with van der Waals surface area (Å²) in [6.45, 7) is 0.187. The lowest BCUT2D eigenvalue weighted by molar-refractivity contribution is -0.384. The minimum Gasteiger partial charge on any atom is -0.478 e. The molecule has 1 aromatic carbocycles. The third kappa shape index (κ3) is 2.38. The number of nitro benzene ring substituents is 1. The van der Waals surface area contributed by atoms with Crippen LogP contribution in [0.2, 0.25) is 0 Å². The Morgan fingerprint density at radius 3 is 2.68 bits per heavy atom. The largest absolute Gasteiger partial charge is 0.478 e. The molecule has 1 atom stereocenters. The van der Waals surface area contributed by atoms with Crippen molar-refractivity contribution < 1.29 is 19.6 Å². The maximum Gasteiger partial charge on any atom is 0.335 e. The van der Waals surface area contributed by atoms with Gasteiger partial charge in [-0.25, -0.2) is 4.79 Å². The Labute approximate surface area is 107 Å². The van der Waals surface area contributed by atoms with Crippen LogP contribution < -0.4 is 10.6 Å². The first-order chi connectivity index (χ1) is 8.90. The van der Waals surface area contributed by atoms with Gasteiger partial charge in [0.2, 0.25) is 5.91 Å². The van der Waals surface area contributed by atoms with Crippen LogP contribution in [-0.4, -0.2) is 34.5 Å². The molecule has 1 amide bonds. The molecule has 1 unspecified atom stereocenters. The highest BCUT2D eigenvalue weighted by molar-refractivity contribution is 5.99. The number of benzene rings is 1. The van der Waals surface area contributed by atoms with Crippen molar-refractivity contribution in [2.75, 3.05) is 11.4 Å². The number of carboxylic acids is 1. The topological polar surface area (TPSA) is 127 Å². The first kappa shape index (κ1) is 13.0. The van der Waals surface area contributed by atoms with Gasteiger partial charge in [-0.05, 0) is 12.1 Å². The molecule has 100 valence electrons. The number of anilines is 1. The number of carbonyl (C=O) groups excluding carboxylic acids is 1. The molecule has 3 N–H and O–H groups in total. The Balaban J connectivity index is 2.48. The minimum atomic E-state index is -1.26. The highest BCUT2D eigenvalue weighted by atomic mass is 16.6. The smallest absolute Gasteiger partial charge is 0.335 e. The lowest BCUT2D eigenvalue weighted by atomic mass is 10.1. The standard InChI is InChI=1S/C11H11N3O5/c12-7-4-10(15)13(5-7)8-2-1-6(11(16)17)3-9(8)14(18)19/h1-3,7H,4-5,12H2,(H,16,17). The lowest BCUT2D eigenvalue weighted by Gasteiger charge is -2.16. The van der Waals surface area contributed by atoms with E-state index in [1.165, 1.54) is 17.0 Å². The fraction of sp³-hybridized carbons (Fsp3) is 0.273. The van der Waals surface area contributed by atoms with Crippen LogP contribution >= 0.6 is 0 Å². The fourth-order valence-electron chi connectivity index (χ4n) is 2.00. The maximum atomic E-state index is 11.7. The average molecular weight is 265 g/mol. The molecule has 8 heteroatoms. The van der Waals surface area contributed by atoms with Gasteiger partial charge in [0.1, 0.15) is 5.69 Å². The van der Waals surface area contributed by atoms with Crippen molar-refractivity contribution in [2.45, 2.75) is 12.5 Å². The van der Waals surface area contributed by atoms with Crippen LogP contribution in [0.5, 0.6) is 0 Å². The number of hydrogen-bond donors (Lipinski definition) is 2. The molecule has 0 bridgehead atoms. The van der Waals surface area contributed by atoms with Crippen LogP contribution in [-0.2, 0) is 4.79 Å². The number of nitrogens with two attached hydrogens (primary N) is 1. The van der Waals surface area contributed by atoms with Gasteiger partial charge in [-0.1, -0.05) is 0 Å². The SMILES string of the molecule is NC1CC(=O)N(c2ccc(C(=O)O)cc2[N+](=O)[O-])C1. The molecule has 1 heterocycles. The molecule has 0 aliphatic carbocycles. The summed E-state index contributed by atoms with van der Waals surface area (Å²) in [6, 6.07) is 3.06. The number of nitro groups is 1. The van der Waals surface area contributed by atoms with Gasteiger partial charge >= 0.3 is 5.97 Å². The number of rotatable bonds is 3. The Hall–Kier alpha value is -2.48. The predicted octanol–water partition coefficient (Wildman–Crippen LogP) is 0.357. The Morgan fingerprint density at radius 1 is 1.53 bits per heavy atom. The first-order valence-electron chi connectivity index (χ1n) is 5.48. The number of carboxylic acid groups (broad SMARTS) is 1. The monoisotopic (exact) mass is 265 g/mol. The normalized spacial score (nSPS) is 18.7. The van der Waals surface area contributed by atoms with Crippen molar-refractivity contribution in [3.05, 3.63) is 33.9 Å². The predicted molar refractivity (Wildman–Crippen MR) is 65.0 cm³/mol. The van der Waals surface area contributed by atoms with Gasteiger partial charge in [-0.2, -0.15) is 0 Å². The molecular formula is C11H11N3O5. The maximum absolute atomic E-state index is 11.7. The van der Waals surface area contributed by atoms with E-state index >= 15 is 0 Å². The Morgan fingerprint density at radius 2 is 2.21 bits per heavy atom. The molecule has 0 spiro atoms. The van der Waals surface area contributed by atoms with Crippen LogP contribution in [0.1, 0.15) is 16.8 Å². The van der Waals surface area contributed by atoms with Gasteiger partial charge in [0.25, 0.3) is 5.69 Å². The molecule has 8 nitrogen and oxygen atoms in total. The van der Waals surface area contributed by atoms with E-state index in [-0.39, 0.29) is 36.2 Å². The number of nitrogens with zero attached hydrogens (tertiary/aromatic N) is 2. The quantitative estimate of drug-likeness (QED) is 0.600. The minimum absolute atomic E-state index is 0.0768. The molecule has 1 aliphatic rings.